The Morgan fingerprint density at radius 3 is 2.83 bits per heavy atom. The second kappa shape index (κ2) is 5.35. The van der Waals surface area contributed by atoms with Crippen molar-refractivity contribution in [2.24, 2.45) is 0 Å². The highest BCUT2D eigenvalue weighted by Crippen LogP contribution is 2.21. The lowest BCUT2D eigenvalue weighted by molar-refractivity contribution is 0.313. The zero-order chi connectivity index (χ0) is 13.0. The molecule has 4 heteroatoms. The normalized spacial score (nSPS) is 13.9. The van der Waals surface area contributed by atoms with E-state index in [4.69, 9.17) is 10.5 Å². The first-order valence-corrected chi connectivity index (χ1v) is 5.80. The van der Waals surface area contributed by atoms with Crippen molar-refractivity contribution in [2.75, 3.05) is 18.9 Å². The lowest BCUT2D eigenvalue weighted by Crippen LogP contribution is -2.26. The highest BCUT2D eigenvalue weighted by atomic mass is 15.1. The fourth-order valence-electron chi connectivity index (χ4n) is 2.03. The molecule has 1 aliphatic heterocycles. The average molecular weight is 238 g/mol. The Balaban J connectivity index is 2.17. The van der Waals surface area contributed by atoms with Gasteiger partial charge in [0.2, 0.25) is 0 Å². The molecule has 0 aromatic heterocycles. The number of allylic oxidation sites excluding steroid dienone is 1. The van der Waals surface area contributed by atoms with Crippen LogP contribution in [0.15, 0.2) is 30.0 Å². The minimum atomic E-state index is 0.0739. The summed E-state index contributed by atoms with van der Waals surface area (Å²) >= 11 is 0. The fraction of sp³-hybridized carbons (Fsp3) is 0.286. The van der Waals surface area contributed by atoms with Gasteiger partial charge in [-0.3, -0.25) is 0 Å². The van der Waals surface area contributed by atoms with E-state index in [0.717, 1.165) is 25.2 Å². The van der Waals surface area contributed by atoms with Gasteiger partial charge in [0.15, 0.2) is 0 Å². The molecule has 1 aromatic carbocycles. The predicted octanol–water partition coefficient (Wildman–Crippen LogP) is 2.02. The molecular weight excluding hydrogens is 224 g/mol. The van der Waals surface area contributed by atoms with Crippen LogP contribution < -0.4 is 5.32 Å². The summed E-state index contributed by atoms with van der Waals surface area (Å²) in [7, 11) is 2.10. The summed E-state index contributed by atoms with van der Waals surface area (Å²) in [5.41, 5.74) is 3.66. The molecule has 0 bridgehead atoms. The minimum absolute atomic E-state index is 0.0739. The molecule has 1 aromatic rings. The maximum absolute atomic E-state index is 8.64. The van der Waals surface area contributed by atoms with Crippen molar-refractivity contribution in [1.82, 2.24) is 4.90 Å². The number of likely N-dealkylation sites (N-methyl/N-ethyl adjacent to an activating group) is 1. The van der Waals surface area contributed by atoms with E-state index in [9.17, 15) is 0 Å². The van der Waals surface area contributed by atoms with Gasteiger partial charge >= 0.3 is 0 Å². The summed E-state index contributed by atoms with van der Waals surface area (Å²) in [6.45, 7) is 2.03. The number of benzene rings is 1. The number of nitrogens with zero attached hydrogens (tertiary/aromatic N) is 3. The molecule has 0 amide bonds. The van der Waals surface area contributed by atoms with Gasteiger partial charge in [0.25, 0.3) is 0 Å². The van der Waals surface area contributed by atoms with Gasteiger partial charge in [0.1, 0.15) is 17.7 Å². The molecular formula is C14H14N4. The Labute approximate surface area is 107 Å². The van der Waals surface area contributed by atoms with Crippen molar-refractivity contribution in [3.8, 4) is 12.1 Å². The smallest absolute Gasteiger partial charge is 0.145 e. The molecule has 0 unspecified atom stereocenters. The van der Waals surface area contributed by atoms with E-state index in [1.165, 1.54) is 17.3 Å². The quantitative estimate of drug-likeness (QED) is 0.801. The Morgan fingerprint density at radius 2 is 2.11 bits per heavy atom. The van der Waals surface area contributed by atoms with E-state index < -0.39 is 0 Å². The molecule has 0 fully saturated rings. The third-order valence-corrected chi connectivity index (χ3v) is 3.03. The number of nitriles is 2. The zero-order valence-corrected chi connectivity index (χ0v) is 10.3. The fourth-order valence-corrected chi connectivity index (χ4v) is 2.03. The maximum Gasteiger partial charge on any atom is 0.145 e. The van der Waals surface area contributed by atoms with Crippen LogP contribution in [0.2, 0.25) is 0 Å². The molecule has 1 heterocycles. The van der Waals surface area contributed by atoms with Crippen LogP contribution in [0.3, 0.4) is 0 Å². The minimum Gasteiger partial charge on any atom is -0.360 e. The van der Waals surface area contributed by atoms with Gasteiger partial charge in [-0.2, -0.15) is 10.5 Å². The van der Waals surface area contributed by atoms with Gasteiger partial charge in [-0.15, -0.1) is 0 Å². The van der Waals surface area contributed by atoms with Gasteiger partial charge in [0.05, 0.1) is 0 Å². The maximum atomic E-state index is 8.64. The third-order valence-electron chi connectivity index (χ3n) is 3.03. The topological polar surface area (TPSA) is 62.9 Å². The second-order valence-electron chi connectivity index (χ2n) is 4.40. The van der Waals surface area contributed by atoms with Crippen LogP contribution in [-0.4, -0.2) is 18.5 Å². The van der Waals surface area contributed by atoms with Crippen LogP contribution in [-0.2, 0) is 13.0 Å². The summed E-state index contributed by atoms with van der Waals surface area (Å²) < 4.78 is 0. The summed E-state index contributed by atoms with van der Waals surface area (Å²) in [6, 6.07) is 9.81. The van der Waals surface area contributed by atoms with Crippen molar-refractivity contribution < 1.29 is 0 Å². The lowest BCUT2D eigenvalue weighted by Gasteiger charge is -2.25. The molecule has 1 aliphatic rings. The van der Waals surface area contributed by atoms with Crippen LogP contribution in [0.25, 0.3) is 0 Å². The van der Waals surface area contributed by atoms with Crippen molar-refractivity contribution in [1.29, 1.82) is 10.5 Å². The average Bonchev–Trinajstić information content (AvgIpc) is 2.39. The number of anilines is 1. The van der Waals surface area contributed by atoms with Gasteiger partial charge in [-0.25, -0.2) is 0 Å². The Kier molecular flexibility index (Phi) is 3.62. The van der Waals surface area contributed by atoms with Crippen LogP contribution in [0, 0.1) is 22.7 Å². The molecule has 0 atom stereocenters. The first-order chi connectivity index (χ1) is 8.72. The van der Waals surface area contributed by atoms with Crippen LogP contribution >= 0.6 is 0 Å². The van der Waals surface area contributed by atoms with E-state index >= 15 is 0 Å². The Bertz CT molecular complexity index is 544. The largest absolute Gasteiger partial charge is 0.360 e. The highest BCUT2D eigenvalue weighted by molar-refractivity contribution is 5.53. The number of fused-ring (bicyclic) bond motifs is 1. The van der Waals surface area contributed by atoms with Gasteiger partial charge in [0, 0.05) is 25.0 Å². The standard InChI is InChI=1S/C14H14N4/c1-18-5-4-12-2-3-14(6-13(12)10-18)17-9-11(7-15)8-16/h2-3,6,9,17H,4-5,10H2,1H3. The molecule has 0 aliphatic carbocycles. The molecule has 1 N–H and O–H groups in total. The van der Waals surface area contributed by atoms with Crippen LogP contribution in [0.4, 0.5) is 5.69 Å². The SMILES string of the molecule is CN1CCc2ccc(NC=C(C#N)C#N)cc2C1. The van der Waals surface area contributed by atoms with Gasteiger partial charge in [-0.1, -0.05) is 6.07 Å². The van der Waals surface area contributed by atoms with E-state index in [0.29, 0.717) is 0 Å². The van der Waals surface area contributed by atoms with Crippen molar-refractivity contribution >= 4 is 5.69 Å². The number of hydrogen-bond donors (Lipinski definition) is 1. The predicted molar refractivity (Wildman–Crippen MR) is 69.4 cm³/mol. The third kappa shape index (κ3) is 2.68. The van der Waals surface area contributed by atoms with E-state index in [1.54, 1.807) is 0 Å². The molecule has 0 spiro atoms. The summed E-state index contributed by atoms with van der Waals surface area (Å²) in [4.78, 5) is 2.28. The monoisotopic (exact) mass is 238 g/mol. The Hall–Kier alpha value is -2.30. The lowest BCUT2D eigenvalue weighted by atomic mass is 9.99. The summed E-state index contributed by atoms with van der Waals surface area (Å²) in [5, 5.41) is 20.3. The molecule has 0 saturated carbocycles. The second-order valence-corrected chi connectivity index (χ2v) is 4.40. The molecule has 0 saturated heterocycles. The van der Waals surface area contributed by atoms with Crippen LogP contribution in [0.5, 0.6) is 0 Å². The number of nitrogens with one attached hydrogen (secondary N) is 1. The number of rotatable bonds is 2. The van der Waals surface area contributed by atoms with E-state index in [-0.39, 0.29) is 5.57 Å². The summed E-state index contributed by atoms with van der Waals surface area (Å²) in [6.07, 6.45) is 2.51. The highest BCUT2D eigenvalue weighted by Gasteiger charge is 2.12. The van der Waals surface area contributed by atoms with Gasteiger partial charge < -0.3 is 10.2 Å². The molecule has 2 rings (SSSR count). The first-order valence-electron chi connectivity index (χ1n) is 5.80. The molecule has 90 valence electrons. The van der Waals surface area contributed by atoms with Crippen LogP contribution in [0.1, 0.15) is 11.1 Å². The molecule has 4 nitrogen and oxygen atoms in total. The molecule has 0 radical (unpaired) electrons. The summed E-state index contributed by atoms with van der Waals surface area (Å²) in [5.74, 6) is 0. The van der Waals surface area contributed by atoms with E-state index in [1.807, 2.05) is 18.2 Å². The van der Waals surface area contributed by atoms with Crippen molar-refractivity contribution in [3.05, 3.63) is 41.1 Å². The van der Waals surface area contributed by atoms with Crippen molar-refractivity contribution in [2.45, 2.75) is 13.0 Å². The first kappa shape index (κ1) is 12.2. The molecule has 18 heavy (non-hydrogen) atoms. The zero-order valence-electron chi connectivity index (χ0n) is 10.3. The van der Waals surface area contributed by atoms with Gasteiger partial charge in [-0.05, 0) is 36.7 Å². The number of hydrogen-bond acceptors (Lipinski definition) is 4. The van der Waals surface area contributed by atoms with E-state index in [2.05, 4.69) is 29.4 Å². The van der Waals surface area contributed by atoms with Crippen molar-refractivity contribution in [3.63, 3.8) is 0 Å². The Morgan fingerprint density at radius 1 is 1.33 bits per heavy atom.